The molecule has 0 unspecified atom stereocenters. The molecule has 0 saturated carbocycles. The maximum atomic E-state index is 13.0. The van der Waals surface area contributed by atoms with Gasteiger partial charge in [-0.3, -0.25) is 0 Å². The number of aromatic nitrogens is 1. The third-order valence-corrected chi connectivity index (χ3v) is 3.25. The molecular formula is C12H15FN2OS. The molecule has 0 aliphatic rings. The van der Waals surface area contributed by atoms with Gasteiger partial charge >= 0.3 is 0 Å². The molecule has 2 rings (SSSR count). The number of anilines is 1. The van der Waals surface area contributed by atoms with Gasteiger partial charge in [0.1, 0.15) is 5.82 Å². The molecule has 5 heteroatoms. The second-order valence-electron chi connectivity index (χ2n) is 4.57. The van der Waals surface area contributed by atoms with Crippen LogP contribution in [0.2, 0.25) is 0 Å². The SMILES string of the molecule is COCC(C)(C)Nc1nc2cc(F)ccc2s1. The van der Waals surface area contributed by atoms with Crippen LogP contribution in [-0.2, 0) is 4.74 Å². The van der Waals surface area contributed by atoms with E-state index in [2.05, 4.69) is 10.3 Å². The van der Waals surface area contributed by atoms with Gasteiger partial charge in [-0.05, 0) is 26.0 Å². The molecule has 2 aromatic rings. The third-order valence-electron chi connectivity index (χ3n) is 2.30. The van der Waals surface area contributed by atoms with Gasteiger partial charge in [-0.2, -0.15) is 0 Å². The number of hydrogen-bond acceptors (Lipinski definition) is 4. The van der Waals surface area contributed by atoms with Gasteiger partial charge < -0.3 is 10.1 Å². The van der Waals surface area contributed by atoms with Crippen LogP contribution in [-0.4, -0.2) is 24.2 Å². The Labute approximate surface area is 104 Å². The number of benzene rings is 1. The second kappa shape index (κ2) is 4.58. The first kappa shape index (κ1) is 12.3. The number of nitrogens with zero attached hydrogens (tertiary/aromatic N) is 1. The lowest BCUT2D eigenvalue weighted by Gasteiger charge is -2.24. The summed E-state index contributed by atoms with van der Waals surface area (Å²) in [5.41, 5.74) is 0.493. The van der Waals surface area contributed by atoms with Crippen molar-refractivity contribution in [2.24, 2.45) is 0 Å². The highest BCUT2D eigenvalue weighted by atomic mass is 32.1. The fourth-order valence-corrected chi connectivity index (χ4v) is 2.67. The summed E-state index contributed by atoms with van der Waals surface area (Å²) in [4.78, 5) is 4.35. The van der Waals surface area contributed by atoms with Crippen molar-refractivity contribution in [2.75, 3.05) is 19.0 Å². The van der Waals surface area contributed by atoms with Gasteiger partial charge in [0.25, 0.3) is 0 Å². The predicted octanol–water partition coefficient (Wildman–Crippen LogP) is 3.27. The van der Waals surface area contributed by atoms with E-state index in [1.165, 1.54) is 23.5 Å². The highest BCUT2D eigenvalue weighted by molar-refractivity contribution is 7.22. The second-order valence-corrected chi connectivity index (χ2v) is 5.60. The van der Waals surface area contributed by atoms with Crippen LogP contribution >= 0.6 is 11.3 Å². The number of ether oxygens (including phenoxy) is 1. The van der Waals surface area contributed by atoms with Crippen LogP contribution in [0.1, 0.15) is 13.8 Å². The van der Waals surface area contributed by atoms with Crippen LogP contribution in [0.15, 0.2) is 18.2 Å². The summed E-state index contributed by atoms with van der Waals surface area (Å²) in [6.07, 6.45) is 0. The van der Waals surface area contributed by atoms with Crippen molar-refractivity contribution in [1.82, 2.24) is 4.98 Å². The molecule has 0 saturated heterocycles. The Morgan fingerprint density at radius 3 is 2.94 bits per heavy atom. The lowest BCUT2D eigenvalue weighted by atomic mass is 10.1. The van der Waals surface area contributed by atoms with E-state index >= 15 is 0 Å². The number of nitrogens with one attached hydrogen (secondary N) is 1. The molecule has 0 atom stereocenters. The standard InChI is InChI=1S/C12H15FN2OS/c1-12(2,7-16-3)15-11-14-9-6-8(13)4-5-10(9)17-11/h4-6H,7H2,1-3H3,(H,14,15). The van der Waals surface area contributed by atoms with Gasteiger partial charge in [-0.25, -0.2) is 9.37 Å². The molecule has 1 aromatic carbocycles. The number of methoxy groups -OCH3 is 1. The summed E-state index contributed by atoms with van der Waals surface area (Å²) >= 11 is 1.51. The van der Waals surface area contributed by atoms with E-state index < -0.39 is 0 Å². The average Bonchev–Trinajstić information content (AvgIpc) is 2.57. The fourth-order valence-electron chi connectivity index (χ4n) is 1.64. The van der Waals surface area contributed by atoms with Gasteiger partial charge in [0.15, 0.2) is 5.13 Å². The van der Waals surface area contributed by atoms with E-state index in [1.807, 2.05) is 13.8 Å². The van der Waals surface area contributed by atoms with Crippen molar-refractivity contribution < 1.29 is 9.13 Å². The van der Waals surface area contributed by atoms with Gasteiger partial charge in [-0.1, -0.05) is 11.3 Å². The monoisotopic (exact) mass is 254 g/mol. The largest absolute Gasteiger partial charge is 0.382 e. The highest BCUT2D eigenvalue weighted by Gasteiger charge is 2.19. The summed E-state index contributed by atoms with van der Waals surface area (Å²) in [6.45, 7) is 4.64. The van der Waals surface area contributed by atoms with Crippen LogP contribution < -0.4 is 5.32 Å². The molecule has 3 nitrogen and oxygen atoms in total. The smallest absolute Gasteiger partial charge is 0.184 e. The molecule has 0 aliphatic heterocycles. The minimum Gasteiger partial charge on any atom is -0.382 e. The Bertz CT molecular complexity index is 524. The van der Waals surface area contributed by atoms with E-state index in [-0.39, 0.29) is 11.4 Å². The maximum absolute atomic E-state index is 13.0. The van der Waals surface area contributed by atoms with Crippen molar-refractivity contribution >= 4 is 26.7 Å². The minimum absolute atomic E-state index is 0.193. The van der Waals surface area contributed by atoms with Crippen LogP contribution in [0, 0.1) is 5.82 Å². The Balaban J connectivity index is 2.25. The average molecular weight is 254 g/mol. The highest BCUT2D eigenvalue weighted by Crippen LogP contribution is 2.28. The topological polar surface area (TPSA) is 34.1 Å². The zero-order valence-electron chi connectivity index (χ0n) is 10.1. The minimum atomic E-state index is -0.259. The lowest BCUT2D eigenvalue weighted by molar-refractivity contribution is 0.158. The summed E-state index contributed by atoms with van der Waals surface area (Å²) in [7, 11) is 1.66. The lowest BCUT2D eigenvalue weighted by Crippen LogP contribution is -2.35. The molecule has 1 N–H and O–H groups in total. The number of thiazole rings is 1. The zero-order valence-corrected chi connectivity index (χ0v) is 10.9. The molecule has 17 heavy (non-hydrogen) atoms. The first-order chi connectivity index (χ1) is 8.00. The predicted molar refractivity (Wildman–Crippen MR) is 69.2 cm³/mol. The maximum Gasteiger partial charge on any atom is 0.184 e. The van der Waals surface area contributed by atoms with E-state index in [0.717, 1.165) is 9.83 Å². The molecule has 1 heterocycles. The van der Waals surface area contributed by atoms with Crippen molar-refractivity contribution in [2.45, 2.75) is 19.4 Å². The van der Waals surface area contributed by atoms with Crippen molar-refractivity contribution in [3.63, 3.8) is 0 Å². The zero-order chi connectivity index (χ0) is 12.5. The first-order valence-corrected chi connectivity index (χ1v) is 6.15. The summed E-state index contributed by atoms with van der Waals surface area (Å²) in [6, 6.07) is 4.64. The molecule has 92 valence electrons. The van der Waals surface area contributed by atoms with E-state index in [4.69, 9.17) is 4.74 Å². The summed E-state index contributed by atoms with van der Waals surface area (Å²) in [5.74, 6) is -0.259. The van der Waals surface area contributed by atoms with Crippen molar-refractivity contribution in [3.8, 4) is 0 Å². The molecular weight excluding hydrogens is 239 g/mol. The summed E-state index contributed by atoms with van der Waals surface area (Å²) < 4.78 is 19.1. The first-order valence-electron chi connectivity index (χ1n) is 5.33. The van der Waals surface area contributed by atoms with Crippen LogP contribution in [0.4, 0.5) is 9.52 Å². The van der Waals surface area contributed by atoms with Crippen LogP contribution in [0.3, 0.4) is 0 Å². The third kappa shape index (κ3) is 2.92. The Morgan fingerprint density at radius 1 is 1.47 bits per heavy atom. The molecule has 0 spiro atoms. The molecule has 0 fully saturated rings. The van der Waals surface area contributed by atoms with Gasteiger partial charge in [-0.15, -0.1) is 0 Å². The molecule has 0 bridgehead atoms. The Kier molecular flexibility index (Phi) is 3.31. The van der Waals surface area contributed by atoms with Crippen molar-refractivity contribution in [1.29, 1.82) is 0 Å². The number of halogens is 1. The van der Waals surface area contributed by atoms with Gasteiger partial charge in [0.2, 0.25) is 0 Å². The quantitative estimate of drug-likeness (QED) is 0.909. The van der Waals surface area contributed by atoms with Crippen LogP contribution in [0.25, 0.3) is 10.2 Å². The summed E-state index contributed by atoms with van der Waals surface area (Å²) in [5, 5.41) is 4.07. The number of fused-ring (bicyclic) bond motifs is 1. The number of rotatable bonds is 4. The Hall–Kier alpha value is -1.20. The van der Waals surface area contributed by atoms with Crippen molar-refractivity contribution in [3.05, 3.63) is 24.0 Å². The van der Waals surface area contributed by atoms with Gasteiger partial charge in [0.05, 0.1) is 22.4 Å². The van der Waals surface area contributed by atoms with Crippen LogP contribution in [0.5, 0.6) is 0 Å². The fraction of sp³-hybridized carbons (Fsp3) is 0.417. The van der Waals surface area contributed by atoms with E-state index in [0.29, 0.717) is 12.1 Å². The van der Waals surface area contributed by atoms with E-state index in [9.17, 15) is 4.39 Å². The molecule has 1 aromatic heterocycles. The van der Waals surface area contributed by atoms with E-state index in [1.54, 1.807) is 13.2 Å². The molecule has 0 aliphatic carbocycles. The normalized spacial score (nSPS) is 12.0. The number of hydrogen-bond donors (Lipinski definition) is 1. The molecule has 0 radical (unpaired) electrons. The molecule has 0 amide bonds. The Morgan fingerprint density at radius 2 is 2.24 bits per heavy atom. The van der Waals surface area contributed by atoms with Gasteiger partial charge in [0, 0.05) is 13.2 Å².